The van der Waals surface area contributed by atoms with E-state index in [1.807, 2.05) is 12.1 Å². The molecule has 19 heavy (non-hydrogen) atoms. The van der Waals surface area contributed by atoms with E-state index < -0.39 is 0 Å². The number of benzene rings is 1. The number of hydrogen-bond donors (Lipinski definition) is 1. The van der Waals surface area contributed by atoms with E-state index in [4.69, 9.17) is 18.0 Å². The quantitative estimate of drug-likeness (QED) is 0.740. The van der Waals surface area contributed by atoms with E-state index in [0.29, 0.717) is 11.0 Å². The van der Waals surface area contributed by atoms with Gasteiger partial charge in [0, 0.05) is 28.3 Å². The second kappa shape index (κ2) is 7.85. The van der Waals surface area contributed by atoms with Crippen LogP contribution in [-0.2, 0) is 0 Å². The minimum Gasteiger partial charge on any atom is -0.389 e. The molecule has 0 spiro atoms. The van der Waals surface area contributed by atoms with Crippen molar-refractivity contribution in [2.24, 2.45) is 5.73 Å². The molecule has 4 heteroatoms. The van der Waals surface area contributed by atoms with Crippen molar-refractivity contribution >= 4 is 38.8 Å². The van der Waals surface area contributed by atoms with Gasteiger partial charge in [-0.25, -0.2) is 0 Å². The molecule has 1 aromatic rings. The van der Waals surface area contributed by atoms with E-state index in [-0.39, 0.29) is 0 Å². The Bertz CT molecular complexity index is 434. The molecule has 1 unspecified atom stereocenters. The Hall–Kier alpha value is -0.610. The van der Waals surface area contributed by atoms with E-state index in [0.717, 1.165) is 28.7 Å². The lowest BCUT2D eigenvalue weighted by atomic mass is 10.1. The van der Waals surface area contributed by atoms with Gasteiger partial charge in [-0.1, -0.05) is 38.6 Å². The van der Waals surface area contributed by atoms with Gasteiger partial charge in [0.15, 0.2) is 0 Å². The van der Waals surface area contributed by atoms with Crippen LogP contribution in [0.2, 0.25) is 0 Å². The van der Waals surface area contributed by atoms with Gasteiger partial charge in [-0.05, 0) is 47.8 Å². The Morgan fingerprint density at radius 3 is 2.63 bits per heavy atom. The molecule has 0 amide bonds. The lowest BCUT2D eigenvalue weighted by Crippen LogP contribution is -2.35. The summed E-state index contributed by atoms with van der Waals surface area (Å²) >= 11 is 8.77. The Kier molecular flexibility index (Phi) is 6.80. The van der Waals surface area contributed by atoms with Crippen LogP contribution < -0.4 is 10.6 Å². The third kappa shape index (κ3) is 4.18. The molecule has 0 aromatic heterocycles. The van der Waals surface area contributed by atoms with E-state index in [2.05, 4.69) is 47.7 Å². The van der Waals surface area contributed by atoms with Gasteiger partial charge >= 0.3 is 0 Å². The smallest absolute Gasteiger partial charge is 0.107 e. The highest BCUT2D eigenvalue weighted by Gasteiger charge is 2.18. The van der Waals surface area contributed by atoms with Gasteiger partial charge in [-0.2, -0.15) is 0 Å². The van der Waals surface area contributed by atoms with Crippen molar-refractivity contribution < 1.29 is 0 Å². The Morgan fingerprint density at radius 2 is 2.11 bits per heavy atom. The first-order chi connectivity index (χ1) is 9.02. The summed E-state index contributed by atoms with van der Waals surface area (Å²) in [5.41, 5.74) is 7.99. The molecule has 1 atom stereocenters. The molecule has 0 aliphatic heterocycles. The minimum absolute atomic E-state index is 0.451. The van der Waals surface area contributed by atoms with Crippen LogP contribution in [0.15, 0.2) is 22.7 Å². The highest BCUT2D eigenvalue weighted by molar-refractivity contribution is 9.10. The van der Waals surface area contributed by atoms with Crippen molar-refractivity contribution in [2.75, 3.05) is 11.4 Å². The molecular weight excluding hydrogens is 320 g/mol. The normalized spacial score (nSPS) is 12.2. The maximum atomic E-state index is 5.90. The summed E-state index contributed by atoms with van der Waals surface area (Å²) in [6.07, 6.45) is 3.46. The molecule has 0 saturated heterocycles. The lowest BCUT2D eigenvalue weighted by molar-refractivity contribution is 0.595. The topological polar surface area (TPSA) is 29.3 Å². The molecule has 1 aromatic carbocycles. The van der Waals surface area contributed by atoms with Gasteiger partial charge in [0.25, 0.3) is 0 Å². The Balaban J connectivity index is 3.21. The number of nitrogens with zero attached hydrogens (tertiary/aromatic N) is 1. The summed E-state index contributed by atoms with van der Waals surface area (Å²) in [7, 11) is 0. The van der Waals surface area contributed by atoms with Gasteiger partial charge < -0.3 is 10.6 Å². The zero-order valence-electron chi connectivity index (χ0n) is 11.9. The Morgan fingerprint density at radius 1 is 1.42 bits per heavy atom. The van der Waals surface area contributed by atoms with Gasteiger partial charge in [0.2, 0.25) is 0 Å². The van der Waals surface area contributed by atoms with Crippen LogP contribution in [0.25, 0.3) is 0 Å². The molecule has 1 rings (SSSR count). The standard InChI is InChI=1S/C15H23BrN2S/c1-4-6-10-18(11(3)5-2)13-9-7-8-12(16)14(13)15(17)19/h7-9,11H,4-6,10H2,1-3H3,(H2,17,19). The maximum absolute atomic E-state index is 5.90. The van der Waals surface area contributed by atoms with Crippen molar-refractivity contribution in [3.63, 3.8) is 0 Å². The summed E-state index contributed by atoms with van der Waals surface area (Å²) in [6.45, 7) is 7.71. The first kappa shape index (κ1) is 16.4. The fourth-order valence-electron chi connectivity index (χ4n) is 2.12. The molecule has 0 saturated carbocycles. The average molecular weight is 343 g/mol. The Labute approximate surface area is 130 Å². The van der Waals surface area contributed by atoms with E-state index >= 15 is 0 Å². The predicted octanol–water partition coefficient (Wildman–Crippen LogP) is 4.49. The van der Waals surface area contributed by atoms with Crippen LogP contribution >= 0.6 is 28.1 Å². The molecule has 0 aliphatic carbocycles. The average Bonchev–Trinajstić information content (AvgIpc) is 2.38. The zero-order valence-corrected chi connectivity index (χ0v) is 14.4. The van der Waals surface area contributed by atoms with Crippen LogP contribution in [0.3, 0.4) is 0 Å². The van der Waals surface area contributed by atoms with E-state index in [1.165, 1.54) is 12.8 Å². The molecule has 2 nitrogen and oxygen atoms in total. The molecule has 0 radical (unpaired) electrons. The summed E-state index contributed by atoms with van der Waals surface area (Å²) in [5.74, 6) is 0. The van der Waals surface area contributed by atoms with Crippen molar-refractivity contribution in [1.82, 2.24) is 0 Å². The summed E-state index contributed by atoms with van der Waals surface area (Å²) in [6, 6.07) is 6.63. The number of unbranched alkanes of at least 4 members (excludes halogenated alkanes) is 1. The molecule has 0 heterocycles. The SMILES string of the molecule is CCCCN(c1cccc(Br)c1C(N)=S)C(C)CC. The molecule has 0 fully saturated rings. The van der Waals surface area contributed by atoms with Gasteiger partial charge in [0.1, 0.15) is 4.99 Å². The minimum atomic E-state index is 0.451. The van der Waals surface area contributed by atoms with Crippen molar-refractivity contribution in [3.05, 3.63) is 28.2 Å². The number of nitrogens with two attached hydrogens (primary N) is 1. The van der Waals surface area contributed by atoms with Crippen LogP contribution in [0.4, 0.5) is 5.69 Å². The van der Waals surface area contributed by atoms with Crippen LogP contribution in [0, 0.1) is 0 Å². The van der Waals surface area contributed by atoms with E-state index in [9.17, 15) is 0 Å². The highest BCUT2D eigenvalue weighted by atomic mass is 79.9. The molecule has 2 N–H and O–H groups in total. The van der Waals surface area contributed by atoms with Crippen LogP contribution in [-0.4, -0.2) is 17.6 Å². The first-order valence-corrected chi connectivity index (χ1v) is 8.07. The largest absolute Gasteiger partial charge is 0.389 e. The first-order valence-electron chi connectivity index (χ1n) is 6.87. The third-order valence-electron chi connectivity index (χ3n) is 3.42. The number of halogens is 1. The van der Waals surface area contributed by atoms with Gasteiger partial charge in [-0.3, -0.25) is 0 Å². The second-order valence-corrected chi connectivity index (χ2v) is 6.10. The zero-order chi connectivity index (χ0) is 14.4. The number of thiocarbonyl (C=S) groups is 1. The fraction of sp³-hybridized carbons (Fsp3) is 0.533. The van der Waals surface area contributed by atoms with Gasteiger partial charge in [0.05, 0.1) is 0 Å². The number of anilines is 1. The molecule has 106 valence electrons. The number of rotatable bonds is 7. The van der Waals surface area contributed by atoms with Crippen LogP contribution in [0.5, 0.6) is 0 Å². The summed E-state index contributed by atoms with van der Waals surface area (Å²) in [4.78, 5) is 2.87. The van der Waals surface area contributed by atoms with Crippen molar-refractivity contribution in [1.29, 1.82) is 0 Å². The monoisotopic (exact) mass is 342 g/mol. The lowest BCUT2D eigenvalue weighted by Gasteiger charge is -2.32. The van der Waals surface area contributed by atoms with Crippen molar-refractivity contribution in [2.45, 2.75) is 46.1 Å². The maximum Gasteiger partial charge on any atom is 0.107 e. The van der Waals surface area contributed by atoms with Crippen molar-refractivity contribution in [3.8, 4) is 0 Å². The number of hydrogen-bond acceptors (Lipinski definition) is 2. The molecular formula is C15H23BrN2S. The highest BCUT2D eigenvalue weighted by Crippen LogP contribution is 2.30. The second-order valence-electron chi connectivity index (χ2n) is 4.80. The summed E-state index contributed by atoms with van der Waals surface area (Å²) in [5, 5.41) is 0. The fourth-order valence-corrected chi connectivity index (χ4v) is 3.04. The predicted molar refractivity (Wildman–Crippen MR) is 92.0 cm³/mol. The van der Waals surface area contributed by atoms with Crippen LogP contribution in [0.1, 0.15) is 45.6 Å². The molecule has 0 aliphatic rings. The third-order valence-corrected chi connectivity index (χ3v) is 4.29. The summed E-state index contributed by atoms with van der Waals surface area (Å²) < 4.78 is 0.974. The van der Waals surface area contributed by atoms with E-state index in [1.54, 1.807) is 0 Å². The molecule has 0 bridgehead atoms. The van der Waals surface area contributed by atoms with Gasteiger partial charge in [-0.15, -0.1) is 0 Å².